The quantitative estimate of drug-likeness (QED) is 0.111. The number of aryl methyl sites for hydroxylation is 1. The Bertz CT molecular complexity index is 1840. The van der Waals surface area contributed by atoms with E-state index < -0.39 is 58.9 Å². The largest absolute Gasteiger partial charge is 0.418 e. The summed E-state index contributed by atoms with van der Waals surface area (Å²) in [5, 5.41) is 11.9. The Morgan fingerprint density at radius 1 is 0.927 bits per heavy atom. The number of alkyl halides is 3. The number of H-pyrrole nitrogens is 1. The topological polar surface area (TPSA) is 145 Å². The lowest BCUT2D eigenvalue weighted by Gasteiger charge is -2.40. The summed E-state index contributed by atoms with van der Waals surface area (Å²) < 4.78 is 62.0. The number of nitrogens with one attached hydrogen (secondary N) is 5. The zero-order valence-electron chi connectivity index (χ0n) is 31.8. The van der Waals surface area contributed by atoms with Crippen molar-refractivity contribution in [3.05, 3.63) is 70.7 Å². The highest BCUT2D eigenvalue weighted by molar-refractivity contribution is 5.97. The summed E-state index contributed by atoms with van der Waals surface area (Å²) in [5.41, 5.74) is -1.49. The molecule has 0 radical (unpaired) electrons. The van der Waals surface area contributed by atoms with Crippen molar-refractivity contribution in [3.8, 4) is 0 Å². The van der Waals surface area contributed by atoms with E-state index in [2.05, 4.69) is 31.2 Å². The van der Waals surface area contributed by atoms with E-state index in [1.807, 2.05) is 20.8 Å². The van der Waals surface area contributed by atoms with Gasteiger partial charge in [0.1, 0.15) is 23.6 Å². The van der Waals surface area contributed by atoms with Crippen LogP contribution in [-0.2, 0) is 49.4 Å². The van der Waals surface area contributed by atoms with Crippen molar-refractivity contribution < 1.29 is 41.5 Å². The summed E-state index contributed by atoms with van der Waals surface area (Å²) in [7, 11) is 0. The van der Waals surface area contributed by atoms with Crippen LogP contribution >= 0.6 is 0 Å². The third-order valence-corrected chi connectivity index (χ3v) is 11.1. The van der Waals surface area contributed by atoms with E-state index in [4.69, 9.17) is 4.74 Å². The van der Waals surface area contributed by atoms with E-state index in [1.54, 1.807) is 19.1 Å². The lowest BCUT2D eigenvalue weighted by molar-refractivity contribution is -0.138. The predicted octanol–water partition coefficient (Wildman–Crippen LogP) is 4.77. The number of hydrogen-bond donors (Lipinski definition) is 5. The summed E-state index contributed by atoms with van der Waals surface area (Å²) in [6.45, 7) is 10.5. The number of nitrogens with zero attached hydrogens (tertiary/aromatic N) is 1. The number of ether oxygens (including phenoxy) is 1. The predicted molar refractivity (Wildman–Crippen MR) is 199 cm³/mol. The lowest BCUT2D eigenvalue weighted by atomic mass is 9.78. The van der Waals surface area contributed by atoms with Crippen LogP contribution < -0.4 is 21.3 Å². The highest BCUT2D eigenvalue weighted by Gasteiger charge is 2.47. The summed E-state index contributed by atoms with van der Waals surface area (Å²) in [6, 6.07) is 8.56. The first-order chi connectivity index (χ1) is 26.2. The highest BCUT2D eigenvalue weighted by atomic mass is 19.4. The zero-order valence-corrected chi connectivity index (χ0v) is 31.8. The van der Waals surface area contributed by atoms with Gasteiger partial charge in [0, 0.05) is 43.6 Å². The molecule has 0 spiro atoms. The normalized spacial score (nSPS) is 19.8. The Kier molecular flexibility index (Phi) is 13.6. The van der Waals surface area contributed by atoms with Crippen LogP contribution in [0.5, 0.6) is 0 Å². The minimum Gasteiger partial charge on any atom is -0.379 e. The van der Waals surface area contributed by atoms with Crippen molar-refractivity contribution in [3.63, 3.8) is 0 Å². The van der Waals surface area contributed by atoms with Crippen LogP contribution in [0.1, 0.15) is 75.8 Å². The van der Waals surface area contributed by atoms with Crippen LogP contribution in [0.2, 0.25) is 0 Å². The standard InChI is InChI=1S/C40H52F4N6O5/c1-5-24(3)34(46-33(52)22-26-10-7-8-13-30(26)41)37(53)49-39(16-14-31-28(23-39)27-11-9-12-29(35(27)45-31)40(42,43)44)38(54)48-36(25(4)6-2)47-32(51)15-17-50-18-20-55-21-19-50/h7-13,24-25,34,36,45H,5-6,14-23H2,1-4H3,(H,46,52)(H,47,51)(H,48,54)(H,49,53)/t24?,25?,34-,36-,39+/m0/s1. The van der Waals surface area contributed by atoms with E-state index in [0.29, 0.717) is 56.9 Å². The zero-order chi connectivity index (χ0) is 39.9. The van der Waals surface area contributed by atoms with Crippen molar-refractivity contribution >= 4 is 34.5 Å². The molecule has 1 fully saturated rings. The Morgan fingerprint density at radius 3 is 2.31 bits per heavy atom. The fourth-order valence-electron chi connectivity index (χ4n) is 7.29. The SMILES string of the molecule is CCC(C)[C@@H](NC(=O)CCN1CCOCC1)NC(=O)[C@@]1(NC(=O)[C@@H](NC(=O)Cc2ccccc2F)C(C)CC)CCc2[nH]c3c(C(F)(F)F)cccc3c2C1. The minimum absolute atomic E-state index is 0.0142. The van der Waals surface area contributed by atoms with Crippen LogP contribution in [0, 0.1) is 17.7 Å². The molecule has 11 nitrogen and oxygen atoms in total. The Balaban J connectivity index is 1.45. The second-order valence-corrected chi connectivity index (χ2v) is 14.9. The maximum Gasteiger partial charge on any atom is 0.418 e. The van der Waals surface area contributed by atoms with Gasteiger partial charge in [-0.15, -0.1) is 0 Å². The van der Waals surface area contributed by atoms with Gasteiger partial charge in [-0.25, -0.2) is 4.39 Å². The van der Waals surface area contributed by atoms with Crippen LogP contribution in [0.25, 0.3) is 10.9 Å². The molecule has 2 aromatic carbocycles. The molecule has 55 heavy (non-hydrogen) atoms. The number of morpholine rings is 1. The molecular formula is C40H52F4N6O5. The molecule has 15 heteroatoms. The van der Waals surface area contributed by atoms with Gasteiger partial charge in [-0.3, -0.25) is 24.1 Å². The van der Waals surface area contributed by atoms with Crippen LogP contribution in [0.3, 0.4) is 0 Å². The minimum atomic E-state index is -4.64. The Morgan fingerprint density at radius 2 is 1.64 bits per heavy atom. The molecule has 4 amide bonds. The molecule has 1 aromatic heterocycles. The average Bonchev–Trinajstić information content (AvgIpc) is 3.53. The second kappa shape index (κ2) is 18.0. The fraction of sp³-hybridized carbons (Fsp3) is 0.550. The molecule has 2 heterocycles. The van der Waals surface area contributed by atoms with Crippen molar-refractivity contribution in [2.24, 2.45) is 11.8 Å². The number of aromatic amines is 1. The fourth-order valence-corrected chi connectivity index (χ4v) is 7.29. The summed E-state index contributed by atoms with van der Waals surface area (Å²) in [4.78, 5) is 60.6. The summed E-state index contributed by atoms with van der Waals surface area (Å²) in [6.07, 6.45) is -4.55. The molecule has 0 saturated carbocycles. The number of fused-ring (bicyclic) bond motifs is 3. The second-order valence-electron chi connectivity index (χ2n) is 14.9. The molecule has 2 unspecified atom stereocenters. The number of amides is 4. The van der Waals surface area contributed by atoms with Gasteiger partial charge in [0.25, 0.3) is 0 Å². The molecule has 5 rings (SSSR count). The Hall–Kier alpha value is -4.50. The lowest BCUT2D eigenvalue weighted by Crippen LogP contribution is -2.67. The third kappa shape index (κ3) is 10.0. The number of halogens is 4. The molecule has 0 bridgehead atoms. The van der Waals surface area contributed by atoms with Gasteiger partial charge in [-0.05, 0) is 54.4 Å². The molecular weight excluding hydrogens is 720 g/mol. The average molecular weight is 773 g/mol. The van der Waals surface area contributed by atoms with Gasteiger partial charge in [-0.2, -0.15) is 13.2 Å². The molecule has 2 aliphatic rings. The van der Waals surface area contributed by atoms with E-state index in [9.17, 15) is 36.7 Å². The first-order valence-electron chi connectivity index (χ1n) is 19.1. The van der Waals surface area contributed by atoms with Crippen LogP contribution in [0.15, 0.2) is 42.5 Å². The van der Waals surface area contributed by atoms with E-state index in [0.717, 1.165) is 6.07 Å². The molecule has 1 aliphatic heterocycles. The molecule has 300 valence electrons. The van der Waals surface area contributed by atoms with Crippen molar-refractivity contribution in [1.82, 2.24) is 31.2 Å². The van der Waals surface area contributed by atoms with Crippen molar-refractivity contribution in [1.29, 1.82) is 0 Å². The molecule has 5 atom stereocenters. The Labute approximate surface area is 318 Å². The number of carbonyl (C=O) groups is 4. The van der Waals surface area contributed by atoms with Gasteiger partial charge in [0.15, 0.2) is 0 Å². The van der Waals surface area contributed by atoms with Gasteiger partial charge < -0.3 is 31.0 Å². The van der Waals surface area contributed by atoms with Gasteiger partial charge in [-0.1, -0.05) is 64.4 Å². The number of benzene rings is 2. The number of para-hydroxylation sites is 1. The van der Waals surface area contributed by atoms with Gasteiger partial charge in [0.2, 0.25) is 23.6 Å². The van der Waals surface area contributed by atoms with E-state index in [-0.39, 0.29) is 60.4 Å². The summed E-state index contributed by atoms with van der Waals surface area (Å²) in [5.74, 6) is -3.35. The van der Waals surface area contributed by atoms with Crippen molar-refractivity contribution in [2.75, 3.05) is 32.8 Å². The van der Waals surface area contributed by atoms with Crippen molar-refractivity contribution in [2.45, 2.75) is 96.6 Å². The molecule has 5 N–H and O–H groups in total. The summed E-state index contributed by atoms with van der Waals surface area (Å²) >= 11 is 0. The number of aromatic nitrogens is 1. The first kappa shape index (κ1) is 41.7. The van der Waals surface area contributed by atoms with Crippen LogP contribution in [0.4, 0.5) is 17.6 Å². The first-order valence-corrected chi connectivity index (χ1v) is 19.1. The number of hydrogen-bond acceptors (Lipinski definition) is 6. The van der Waals surface area contributed by atoms with Crippen LogP contribution in [-0.4, -0.2) is 84.1 Å². The van der Waals surface area contributed by atoms with Gasteiger partial charge in [0.05, 0.1) is 30.7 Å². The highest BCUT2D eigenvalue weighted by Crippen LogP contribution is 2.40. The molecule has 1 aliphatic carbocycles. The molecule has 3 aromatic rings. The molecule has 1 saturated heterocycles. The maximum absolute atomic E-state index is 14.7. The third-order valence-electron chi connectivity index (χ3n) is 11.1. The number of carbonyl (C=O) groups excluding carboxylic acids is 4. The smallest absolute Gasteiger partial charge is 0.379 e. The maximum atomic E-state index is 14.7. The monoisotopic (exact) mass is 772 g/mol. The van der Waals surface area contributed by atoms with E-state index in [1.165, 1.54) is 24.3 Å². The number of rotatable bonds is 15. The van der Waals surface area contributed by atoms with Gasteiger partial charge >= 0.3 is 6.18 Å². The van der Waals surface area contributed by atoms with E-state index >= 15 is 0 Å².